The smallest absolute Gasteiger partial charge is 0.414 e. The number of azide groups is 1. The number of ether oxygens (including phenoxy) is 2. The average molecular weight is 499 g/mol. The molecule has 0 spiro atoms. The molecule has 0 atom stereocenters. The number of rotatable bonds is 6. The molecule has 0 heterocycles. The second kappa shape index (κ2) is 10.4. The van der Waals surface area contributed by atoms with Crippen molar-refractivity contribution in [3.8, 4) is 11.1 Å². The molecule has 0 fully saturated rings. The second-order valence-electron chi connectivity index (χ2n) is 10.1. The van der Waals surface area contributed by atoms with Crippen LogP contribution in [0.2, 0.25) is 0 Å². The molecule has 1 aliphatic rings. The summed E-state index contributed by atoms with van der Waals surface area (Å²) in [5.74, 6) is -0.479. The summed E-state index contributed by atoms with van der Waals surface area (Å²) in [5.41, 5.74) is 15.0. The molecule has 0 saturated heterocycles. The second-order valence-corrected chi connectivity index (χ2v) is 10.1. The Bertz CT molecular complexity index is 1360. The molecular formula is C29H30N4O4. The highest BCUT2D eigenvalue weighted by atomic mass is 16.6. The lowest BCUT2D eigenvalue weighted by atomic mass is 9.98. The normalized spacial score (nSPS) is 12.2. The van der Waals surface area contributed by atoms with Crippen LogP contribution in [0.25, 0.3) is 21.6 Å². The van der Waals surface area contributed by atoms with E-state index in [2.05, 4.69) is 34.3 Å². The zero-order valence-corrected chi connectivity index (χ0v) is 21.7. The Labute approximate surface area is 216 Å². The first-order valence-electron chi connectivity index (χ1n) is 12.1. The molecule has 0 aliphatic heterocycles. The van der Waals surface area contributed by atoms with E-state index >= 15 is 0 Å². The molecule has 1 aliphatic carbocycles. The van der Waals surface area contributed by atoms with Crippen LogP contribution < -0.4 is 4.90 Å². The van der Waals surface area contributed by atoms with Crippen molar-refractivity contribution in [3.05, 3.63) is 93.4 Å². The van der Waals surface area contributed by atoms with Crippen LogP contribution in [0.4, 0.5) is 16.2 Å². The van der Waals surface area contributed by atoms with Crippen LogP contribution >= 0.6 is 0 Å². The molecule has 3 aromatic carbocycles. The number of benzene rings is 3. The molecule has 0 bridgehead atoms. The van der Waals surface area contributed by atoms with Gasteiger partial charge in [-0.2, -0.15) is 0 Å². The third-order valence-corrected chi connectivity index (χ3v) is 6.38. The Balaban J connectivity index is 1.55. The van der Waals surface area contributed by atoms with E-state index in [0.29, 0.717) is 22.5 Å². The van der Waals surface area contributed by atoms with E-state index in [4.69, 9.17) is 15.0 Å². The Morgan fingerprint density at radius 2 is 1.62 bits per heavy atom. The van der Waals surface area contributed by atoms with Gasteiger partial charge in [-0.3, -0.25) is 9.69 Å². The number of esters is 1. The first-order chi connectivity index (χ1) is 17.6. The zero-order valence-electron chi connectivity index (χ0n) is 21.7. The number of hydrogen-bond acceptors (Lipinski definition) is 5. The van der Waals surface area contributed by atoms with Crippen molar-refractivity contribution in [2.45, 2.75) is 45.6 Å². The van der Waals surface area contributed by atoms with Gasteiger partial charge in [0.15, 0.2) is 0 Å². The van der Waals surface area contributed by atoms with Crippen molar-refractivity contribution >= 4 is 23.4 Å². The van der Waals surface area contributed by atoms with Gasteiger partial charge < -0.3 is 9.47 Å². The van der Waals surface area contributed by atoms with E-state index in [1.165, 1.54) is 4.90 Å². The summed E-state index contributed by atoms with van der Waals surface area (Å²) in [5, 5.41) is 3.76. The van der Waals surface area contributed by atoms with Crippen molar-refractivity contribution in [3.63, 3.8) is 0 Å². The van der Waals surface area contributed by atoms with E-state index in [0.717, 1.165) is 22.3 Å². The summed E-state index contributed by atoms with van der Waals surface area (Å²) in [6, 6.07) is 19.6. The number of nitrogens with zero attached hydrogens (tertiary/aromatic N) is 4. The van der Waals surface area contributed by atoms with Crippen LogP contribution in [0.1, 0.15) is 48.9 Å². The largest absolute Gasteiger partial charge is 0.460 e. The van der Waals surface area contributed by atoms with Gasteiger partial charge in [-0.05, 0) is 78.7 Å². The Kier molecular flexibility index (Phi) is 7.23. The van der Waals surface area contributed by atoms with Gasteiger partial charge in [0.1, 0.15) is 12.2 Å². The lowest BCUT2D eigenvalue weighted by molar-refractivity contribution is -0.153. The third kappa shape index (κ3) is 5.60. The van der Waals surface area contributed by atoms with E-state index in [9.17, 15) is 9.59 Å². The van der Waals surface area contributed by atoms with Gasteiger partial charge in [-0.1, -0.05) is 53.6 Å². The van der Waals surface area contributed by atoms with Crippen molar-refractivity contribution in [1.29, 1.82) is 0 Å². The van der Waals surface area contributed by atoms with Gasteiger partial charge >= 0.3 is 12.1 Å². The van der Waals surface area contributed by atoms with Crippen LogP contribution in [-0.4, -0.2) is 31.3 Å². The lowest BCUT2D eigenvalue weighted by Gasteiger charge is -2.22. The highest BCUT2D eigenvalue weighted by Crippen LogP contribution is 2.44. The van der Waals surface area contributed by atoms with E-state index < -0.39 is 17.7 Å². The van der Waals surface area contributed by atoms with Crippen molar-refractivity contribution in [1.82, 2.24) is 0 Å². The molecule has 190 valence electrons. The van der Waals surface area contributed by atoms with Crippen molar-refractivity contribution < 1.29 is 19.1 Å². The summed E-state index contributed by atoms with van der Waals surface area (Å²) in [7, 11) is 1.58. The van der Waals surface area contributed by atoms with Crippen molar-refractivity contribution in [2.24, 2.45) is 5.11 Å². The average Bonchev–Trinajstić information content (AvgIpc) is 3.17. The molecule has 8 heteroatoms. The van der Waals surface area contributed by atoms with Crippen LogP contribution in [0.3, 0.4) is 0 Å². The fraction of sp³-hybridized carbons (Fsp3) is 0.310. The van der Waals surface area contributed by atoms with E-state index in [1.807, 2.05) is 24.3 Å². The minimum Gasteiger partial charge on any atom is -0.460 e. The van der Waals surface area contributed by atoms with E-state index in [1.54, 1.807) is 46.9 Å². The molecule has 1 amide bonds. The number of fused-ring (bicyclic) bond motifs is 3. The maximum absolute atomic E-state index is 13.1. The Morgan fingerprint density at radius 1 is 1.03 bits per heavy atom. The lowest BCUT2D eigenvalue weighted by Crippen LogP contribution is -2.29. The number of anilines is 1. The van der Waals surface area contributed by atoms with Crippen LogP contribution in [0.15, 0.2) is 65.8 Å². The Hall–Kier alpha value is -4.29. The fourth-order valence-corrected chi connectivity index (χ4v) is 4.60. The van der Waals surface area contributed by atoms with Gasteiger partial charge in [0.2, 0.25) is 0 Å². The number of carbonyl (C=O) groups excluding carboxylic acids is 2. The summed E-state index contributed by atoms with van der Waals surface area (Å²) in [6.07, 6.45) is -0.579. The summed E-state index contributed by atoms with van der Waals surface area (Å²) in [6.45, 7) is 7.33. The quantitative estimate of drug-likeness (QED) is 0.155. The topological polar surface area (TPSA) is 105 Å². The number of amides is 1. The van der Waals surface area contributed by atoms with Crippen molar-refractivity contribution in [2.75, 3.05) is 18.6 Å². The maximum Gasteiger partial charge on any atom is 0.414 e. The number of hydrogen-bond donors (Lipinski definition) is 0. The summed E-state index contributed by atoms with van der Waals surface area (Å²) in [4.78, 5) is 29.8. The minimum absolute atomic E-state index is 0.0244. The predicted octanol–water partition coefficient (Wildman–Crippen LogP) is 7.21. The summed E-state index contributed by atoms with van der Waals surface area (Å²) < 4.78 is 11.2. The molecule has 4 rings (SSSR count). The molecule has 0 unspecified atom stereocenters. The molecule has 0 radical (unpaired) electrons. The van der Waals surface area contributed by atoms with Crippen LogP contribution in [-0.2, 0) is 20.7 Å². The highest BCUT2D eigenvalue weighted by Gasteiger charge is 2.29. The highest BCUT2D eigenvalue weighted by molar-refractivity contribution is 5.89. The molecule has 37 heavy (non-hydrogen) atoms. The van der Waals surface area contributed by atoms with Gasteiger partial charge in [0, 0.05) is 29.3 Å². The minimum atomic E-state index is -0.631. The van der Waals surface area contributed by atoms with Crippen LogP contribution in [0, 0.1) is 6.92 Å². The standard InChI is InChI=1S/C29H30N4O4/c1-18-19(15-27(34)37-29(2,3)4)14-20(16-26(18)31-32-30)33(5)28(35)36-17-25-23-12-8-6-10-21(23)22-11-7-9-13-24(22)25/h6-14,16,25H,15,17H2,1-5H3. The van der Waals surface area contributed by atoms with Crippen LogP contribution in [0.5, 0.6) is 0 Å². The molecule has 0 saturated carbocycles. The number of carbonyl (C=O) groups is 2. The Morgan fingerprint density at radius 3 is 2.19 bits per heavy atom. The van der Waals surface area contributed by atoms with Gasteiger partial charge in [0.25, 0.3) is 0 Å². The molecular weight excluding hydrogens is 468 g/mol. The summed E-state index contributed by atoms with van der Waals surface area (Å²) >= 11 is 0. The fourth-order valence-electron chi connectivity index (χ4n) is 4.60. The third-order valence-electron chi connectivity index (χ3n) is 6.38. The molecule has 3 aromatic rings. The van der Waals surface area contributed by atoms with Gasteiger partial charge in [-0.25, -0.2) is 4.79 Å². The van der Waals surface area contributed by atoms with Gasteiger partial charge in [-0.15, -0.1) is 0 Å². The first-order valence-corrected chi connectivity index (χ1v) is 12.1. The molecule has 0 N–H and O–H groups in total. The predicted molar refractivity (Wildman–Crippen MR) is 143 cm³/mol. The SMILES string of the molecule is Cc1c(CC(=O)OC(C)(C)C)cc(N(C)C(=O)OCC2c3ccccc3-c3ccccc32)cc1N=[N+]=[N-]. The van der Waals surface area contributed by atoms with E-state index in [-0.39, 0.29) is 18.9 Å². The molecule has 0 aromatic heterocycles. The maximum atomic E-state index is 13.1. The van der Waals surface area contributed by atoms with Gasteiger partial charge in [0.05, 0.1) is 6.42 Å². The zero-order chi connectivity index (χ0) is 26.7. The monoisotopic (exact) mass is 498 g/mol. The molecule has 8 nitrogen and oxygen atoms in total. The first kappa shape index (κ1) is 25.8.